The summed E-state index contributed by atoms with van der Waals surface area (Å²) in [6.07, 6.45) is 14.7. The van der Waals surface area contributed by atoms with Crippen LogP contribution in [0.3, 0.4) is 0 Å². The van der Waals surface area contributed by atoms with Gasteiger partial charge in [-0.05, 0) is 62.5 Å². The maximum absolute atomic E-state index is 12.7. The van der Waals surface area contributed by atoms with E-state index in [1.165, 1.54) is 40.7 Å². The molecule has 0 radical (unpaired) electrons. The molecule has 55 heavy (non-hydrogen) atoms. The molecule has 2 aromatic carbocycles. The van der Waals surface area contributed by atoms with Gasteiger partial charge >= 0.3 is 18.0 Å². The predicted octanol–water partition coefficient (Wildman–Crippen LogP) is 5.45. The van der Waals surface area contributed by atoms with E-state index in [1.807, 2.05) is 60.7 Å². The van der Waals surface area contributed by atoms with Crippen LogP contribution < -0.4 is 11.4 Å². The minimum absolute atomic E-state index is 0.00419. The van der Waals surface area contributed by atoms with Gasteiger partial charge in [0, 0.05) is 13.1 Å². The number of hydrogen-bond donors (Lipinski definition) is 3. The van der Waals surface area contributed by atoms with Crippen LogP contribution in [0.4, 0.5) is 9.59 Å². The van der Waals surface area contributed by atoms with E-state index in [1.54, 1.807) is 4.90 Å². The second kappa shape index (κ2) is 20.1. The number of carboxylic acids is 1. The maximum Gasteiger partial charge on any atom is 0.345 e. The van der Waals surface area contributed by atoms with Crippen LogP contribution in [0.15, 0.2) is 60.7 Å². The molecule has 15 heteroatoms. The summed E-state index contributed by atoms with van der Waals surface area (Å²) in [6, 6.07) is 17.5. The monoisotopic (exact) mass is 764 g/mol. The molecule has 5 amide bonds. The highest BCUT2D eigenvalue weighted by Crippen LogP contribution is 2.32. The number of benzene rings is 2. The largest absolute Gasteiger partial charge is 0.480 e. The van der Waals surface area contributed by atoms with Crippen LogP contribution in [-0.2, 0) is 42.2 Å². The highest BCUT2D eigenvalue weighted by Gasteiger charge is 2.49. The van der Waals surface area contributed by atoms with Crippen LogP contribution >= 0.6 is 0 Å². The van der Waals surface area contributed by atoms with Crippen molar-refractivity contribution < 1.29 is 43.6 Å². The van der Waals surface area contributed by atoms with Crippen LogP contribution in [-0.4, -0.2) is 98.4 Å². The van der Waals surface area contributed by atoms with Gasteiger partial charge in [0.2, 0.25) is 0 Å². The summed E-state index contributed by atoms with van der Waals surface area (Å²) in [5.74, 6) is 3.84. The van der Waals surface area contributed by atoms with Crippen molar-refractivity contribution in [3.63, 3.8) is 0 Å². The summed E-state index contributed by atoms with van der Waals surface area (Å²) < 4.78 is 0. The zero-order valence-electron chi connectivity index (χ0n) is 31.5. The number of rotatable bonds is 11. The van der Waals surface area contributed by atoms with Gasteiger partial charge in [0.25, 0.3) is 5.91 Å². The third-order valence-corrected chi connectivity index (χ3v) is 11.3. The standard InChI is InChI=1S/C20H27N3O4.C14H16N2O4.C6H13NO/c24-19(21-27-17-9-5-2-6-10-17)18-12-11-16-13-22(18)20(25)23(16)26-14-15-7-3-1-4-8-15;17-13(18)12-7-6-11-8-15(12)14(19)16(11)20-9-10-4-2-1-3-5-10;7-8-6-4-2-1-3-5-6/h1,3-4,7-8,16-18H,2,5-6,9-14H2,(H,21,24);1-5,11-12H,6-9H2,(H,17,18);6H,1-5,7H2/t16-,18+;11-,12+;/m11./s1. The Kier molecular flexibility index (Phi) is 14.7. The van der Waals surface area contributed by atoms with Crippen molar-refractivity contribution in [1.82, 2.24) is 25.4 Å². The molecule has 2 aromatic rings. The van der Waals surface area contributed by atoms with Gasteiger partial charge in [-0.15, -0.1) is 0 Å². The third-order valence-electron chi connectivity index (χ3n) is 11.3. The number of aliphatic carboxylic acids is 1. The summed E-state index contributed by atoms with van der Waals surface area (Å²) in [7, 11) is 0. The maximum atomic E-state index is 12.7. The van der Waals surface area contributed by atoms with Crippen LogP contribution in [0.5, 0.6) is 0 Å². The number of nitrogens with two attached hydrogens (primary N) is 1. The van der Waals surface area contributed by atoms with E-state index in [0.717, 1.165) is 56.1 Å². The average Bonchev–Trinajstić information content (AvgIpc) is 3.62. The fourth-order valence-electron chi connectivity index (χ4n) is 8.16. The number of hydrogen-bond acceptors (Lipinski definition) is 9. The van der Waals surface area contributed by atoms with Gasteiger partial charge in [-0.1, -0.05) is 99.2 Å². The number of carboxylic acid groups (broad SMARTS) is 1. The number of piperidine rings is 2. The minimum atomic E-state index is -0.943. The summed E-state index contributed by atoms with van der Waals surface area (Å²) in [4.78, 5) is 73.3. The molecule has 4 aliphatic heterocycles. The second-order valence-electron chi connectivity index (χ2n) is 15.1. The van der Waals surface area contributed by atoms with Crippen molar-refractivity contribution in [2.45, 2.75) is 139 Å². The molecule has 4 N–H and O–H groups in total. The lowest BCUT2D eigenvalue weighted by molar-refractivity contribution is -0.145. The van der Waals surface area contributed by atoms with Crippen molar-refractivity contribution >= 4 is 23.9 Å². The quantitative estimate of drug-likeness (QED) is 0.250. The molecule has 4 bridgehead atoms. The molecule has 6 fully saturated rings. The predicted molar refractivity (Wildman–Crippen MR) is 200 cm³/mol. The molecule has 6 aliphatic rings. The second-order valence-corrected chi connectivity index (χ2v) is 15.1. The molecule has 4 atom stereocenters. The van der Waals surface area contributed by atoms with Gasteiger partial charge < -0.3 is 19.7 Å². The summed E-state index contributed by atoms with van der Waals surface area (Å²) >= 11 is 0. The summed E-state index contributed by atoms with van der Waals surface area (Å²) in [5, 5.41) is 11.9. The lowest BCUT2D eigenvalue weighted by Crippen LogP contribution is -2.50. The minimum Gasteiger partial charge on any atom is -0.480 e. The molecule has 0 unspecified atom stereocenters. The molecule has 0 spiro atoms. The number of carbonyl (C=O) groups is 4. The Bertz CT molecular complexity index is 1540. The lowest BCUT2D eigenvalue weighted by Gasteiger charge is -2.30. The molecule has 15 nitrogen and oxygen atoms in total. The molecular formula is C40H56N6O9. The van der Waals surface area contributed by atoms with E-state index >= 15 is 0 Å². The highest BCUT2D eigenvalue weighted by atomic mass is 16.7. The molecule has 8 rings (SSSR count). The molecule has 4 heterocycles. The number of fused-ring (bicyclic) bond motifs is 4. The number of carbonyl (C=O) groups excluding carboxylic acids is 3. The molecule has 2 saturated carbocycles. The number of nitrogens with one attached hydrogen (secondary N) is 1. The normalized spacial score (nSPS) is 25.2. The van der Waals surface area contributed by atoms with Crippen LogP contribution in [0.1, 0.15) is 101 Å². The average molecular weight is 765 g/mol. The van der Waals surface area contributed by atoms with Crippen LogP contribution in [0, 0.1) is 0 Å². The van der Waals surface area contributed by atoms with E-state index in [0.29, 0.717) is 51.7 Å². The van der Waals surface area contributed by atoms with Crippen molar-refractivity contribution in [3.8, 4) is 0 Å². The van der Waals surface area contributed by atoms with E-state index in [9.17, 15) is 19.2 Å². The molecule has 4 saturated heterocycles. The molecule has 0 aromatic heterocycles. The van der Waals surface area contributed by atoms with Crippen molar-refractivity contribution in [2.24, 2.45) is 5.90 Å². The number of nitrogens with zero attached hydrogens (tertiary/aromatic N) is 4. The number of hydroxylamine groups is 5. The van der Waals surface area contributed by atoms with Gasteiger partial charge in [-0.2, -0.15) is 10.1 Å². The Morgan fingerprint density at radius 2 is 1.09 bits per heavy atom. The van der Waals surface area contributed by atoms with Gasteiger partial charge in [0.05, 0.1) is 24.3 Å². The topological polar surface area (TPSA) is 176 Å². The fraction of sp³-hybridized carbons (Fsp3) is 0.600. The van der Waals surface area contributed by atoms with E-state index in [2.05, 4.69) is 5.48 Å². The van der Waals surface area contributed by atoms with Crippen LogP contribution in [0.25, 0.3) is 0 Å². The fourth-order valence-corrected chi connectivity index (χ4v) is 8.16. The summed E-state index contributed by atoms with van der Waals surface area (Å²) in [5.41, 5.74) is 4.60. The van der Waals surface area contributed by atoms with E-state index in [-0.39, 0.29) is 36.2 Å². The Morgan fingerprint density at radius 1 is 0.636 bits per heavy atom. The number of urea groups is 2. The van der Waals surface area contributed by atoms with E-state index < -0.39 is 18.1 Å². The van der Waals surface area contributed by atoms with Gasteiger partial charge in [0.1, 0.15) is 25.3 Å². The summed E-state index contributed by atoms with van der Waals surface area (Å²) in [6.45, 7) is 1.62. The SMILES string of the molecule is NOC1CCCCC1.O=C(NOC1CCCCC1)[C@@H]1CC[C@@H]2CN1C(=O)N2OCc1ccccc1.O=C(O)[C@@H]1CC[C@@H]2CN1C(=O)N2OCc1ccccc1. The zero-order chi connectivity index (χ0) is 38.6. The Hall–Kier alpha value is -4.28. The van der Waals surface area contributed by atoms with Gasteiger partial charge in [0.15, 0.2) is 0 Å². The zero-order valence-corrected chi connectivity index (χ0v) is 31.5. The molecule has 300 valence electrons. The first-order valence-electron chi connectivity index (χ1n) is 19.9. The molecular weight excluding hydrogens is 708 g/mol. The van der Waals surface area contributed by atoms with Gasteiger partial charge in [-0.25, -0.2) is 25.8 Å². The van der Waals surface area contributed by atoms with Crippen molar-refractivity contribution in [3.05, 3.63) is 71.8 Å². The Morgan fingerprint density at radius 3 is 1.55 bits per heavy atom. The third kappa shape index (κ3) is 10.7. The highest BCUT2D eigenvalue weighted by molar-refractivity contribution is 5.88. The molecule has 2 aliphatic carbocycles. The van der Waals surface area contributed by atoms with Crippen molar-refractivity contribution in [2.75, 3.05) is 13.1 Å². The first-order valence-corrected chi connectivity index (χ1v) is 19.9. The van der Waals surface area contributed by atoms with Crippen LogP contribution in [0.2, 0.25) is 0 Å². The number of amides is 5. The Balaban J connectivity index is 0.000000160. The first-order chi connectivity index (χ1) is 26.8. The van der Waals surface area contributed by atoms with Crippen molar-refractivity contribution in [1.29, 1.82) is 0 Å². The van der Waals surface area contributed by atoms with E-state index in [4.69, 9.17) is 30.4 Å². The smallest absolute Gasteiger partial charge is 0.345 e. The lowest BCUT2D eigenvalue weighted by atomic mass is 9.98. The van der Waals surface area contributed by atoms with Gasteiger partial charge in [-0.3, -0.25) is 19.3 Å². The first kappa shape index (κ1) is 40.4. The Labute approximate surface area is 322 Å².